The number of nitrogens with zero attached hydrogens (tertiary/aromatic N) is 4. The molecule has 0 radical (unpaired) electrons. The molecule has 5 aromatic rings. The van der Waals surface area contributed by atoms with Gasteiger partial charge in [-0.2, -0.15) is 8.78 Å². The molecule has 3 aromatic carbocycles. The molecule has 4 N–H and O–H groups in total. The zero-order valence-corrected chi connectivity index (χ0v) is 38.0. The van der Waals surface area contributed by atoms with Crippen LogP contribution in [-0.4, -0.2) is 120 Å². The molecule has 0 aliphatic carbocycles. The third-order valence-corrected chi connectivity index (χ3v) is 12.9. The number of aromatic amines is 2. The lowest BCUT2D eigenvalue weighted by molar-refractivity contribution is -0.139. The van der Waals surface area contributed by atoms with Crippen LogP contribution in [0.15, 0.2) is 48.7 Å². The van der Waals surface area contributed by atoms with Crippen LogP contribution in [0.5, 0.6) is 5.75 Å². The van der Waals surface area contributed by atoms with Crippen molar-refractivity contribution in [1.29, 1.82) is 0 Å². The van der Waals surface area contributed by atoms with Gasteiger partial charge in [0.2, 0.25) is 11.8 Å². The minimum Gasteiger partial charge on any atom is -0.488 e. The van der Waals surface area contributed by atoms with Crippen molar-refractivity contribution in [3.63, 3.8) is 0 Å². The van der Waals surface area contributed by atoms with Gasteiger partial charge in [-0.3, -0.25) is 9.59 Å². The summed E-state index contributed by atoms with van der Waals surface area (Å²) in [6.45, 7) is 5.52. The number of amides is 4. The van der Waals surface area contributed by atoms with E-state index in [4.69, 9.17) is 28.9 Å². The number of nitrogens with one attached hydrogen (secondary N) is 4. The molecule has 0 spiro atoms. The van der Waals surface area contributed by atoms with Gasteiger partial charge in [0.1, 0.15) is 36.1 Å². The maximum absolute atomic E-state index is 14.1. The third-order valence-electron chi connectivity index (χ3n) is 12.9. The molecule has 0 saturated carbocycles. The maximum atomic E-state index is 14.1. The topological polar surface area (TPSA) is 202 Å². The number of hydrogen-bond donors (Lipinski definition) is 4. The Labute approximate surface area is 380 Å². The highest BCUT2D eigenvalue weighted by molar-refractivity contribution is 6.06. The van der Waals surface area contributed by atoms with Crippen molar-refractivity contribution in [2.24, 2.45) is 23.7 Å². The van der Waals surface area contributed by atoms with Crippen molar-refractivity contribution in [2.45, 2.75) is 77.9 Å². The SMILES string of the molecule is COC[C@H]1C[C@@H](c2ncc(-c3ccc4c(c3)OCc3cc5c(ccc6nc([C@@H]7C[C@H](COC(F)F)CN7C(=O)[C@@H](NC(=O)OC)C(C)C)[nH]c65)cc3-4)[nH]2)N(C(=O)[C@@H](NC(=O)OC)C(C)C)C1. The van der Waals surface area contributed by atoms with Crippen LogP contribution in [0.1, 0.15) is 69.8 Å². The van der Waals surface area contributed by atoms with Gasteiger partial charge in [0, 0.05) is 48.5 Å². The predicted molar refractivity (Wildman–Crippen MR) is 238 cm³/mol. The summed E-state index contributed by atoms with van der Waals surface area (Å²) in [7, 11) is 4.13. The van der Waals surface area contributed by atoms with Crippen LogP contribution >= 0.6 is 0 Å². The first-order valence-electron chi connectivity index (χ1n) is 22.1. The second-order valence-corrected chi connectivity index (χ2v) is 18.0. The van der Waals surface area contributed by atoms with E-state index in [0.29, 0.717) is 55.5 Å². The van der Waals surface area contributed by atoms with Crippen LogP contribution in [0.2, 0.25) is 0 Å². The Kier molecular flexibility index (Phi) is 13.5. The number of alkyl carbamates (subject to hydrolysis) is 2. The van der Waals surface area contributed by atoms with Crippen LogP contribution in [0, 0.1) is 23.7 Å². The van der Waals surface area contributed by atoms with E-state index in [2.05, 4.69) is 37.5 Å². The van der Waals surface area contributed by atoms with Crippen molar-refractivity contribution in [2.75, 3.05) is 47.6 Å². The fourth-order valence-electron chi connectivity index (χ4n) is 9.58. The lowest BCUT2D eigenvalue weighted by Crippen LogP contribution is -2.51. The Morgan fingerprint density at radius 2 is 1.44 bits per heavy atom. The van der Waals surface area contributed by atoms with Crippen molar-refractivity contribution < 1.29 is 51.6 Å². The Balaban J connectivity index is 1.06. The first kappa shape index (κ1) is 46.2. The zero-order valence-electron chi connectivity index (χ0n) is 38.0. The monoisotopic (exact) mass is 914 g/mol. The van der Waals surface area contributed by atoms with Gasteiger partial charge in [0.15, 0.2) is 0 Å². The lowest BCUT2D eigenvalue weighted by Gasteiger charge is -2.30. The molecule has 0 bridgehead atoms. The van der Waals surface area contributed by atoms with Gasteiger partial charge in [-0.15, -0.1) is 0 Å². The minimum absolute atomic E-state index is 0.0764. The van der Waals surface area contributed by atoms with Crippen molar-refractivity contribution in [1.82, 2.24) is 40.4 Å². The number of imidazole rings is 2. The van der Waals surface area contributed by atoms with Crippen LogP contribution in [0.4, 0.5) is 18.4 Å². The normalized spacial score (nSPS) is 20.1. The molecule has 6 atom stereocenters. The highest BCUT2D eigenvalue weighted by Crippen LogP contribution is 2.44. The maximum Gasteiger partial charge on any atom is 0.407 e. The number of ether oxygens (including phenoxy) is 5. The minimum atomic E-state index is -2.95. The van der Waals surface area contributed by atoms with Crippen LogP contribution in [0.3, 0.4) is 0 Å². The molecule has 3 aliphatic rings. The number of hydrogen-bond acceptors (Lipinski definition) is 11. The number of likely N-dealkylation sites (tertiary alicyclic amines) is 2. The van der Waals surface area contributed by atoms with E-state index in [0.717, 1.165) is 44.2 Å². The van der Waals surface area contributed by atoms with Gasteiger partial charge in [0.25, 0.3) is 0 Å². The fraction of sp³-hybridized carbons (Fsp3) is 0.489. The Hall–Kier alpha value is -6.34. The van der Waals surface area contributed by atoms with Crippen molar-refractivity contribution in [3.8, 4) is 28.1 Å². The highest BCUT2D eigenvalue weighted by atomic mass is 19.3. The average Bonchev–Trinajstić information content (AvgIpc) is 4.13. The molecule has 2 aromatic heterocycles. The van der Waals surface area contributed by atoms with E-state index >= 15 is 0 Å². The van der Waals surface area contributed by atoms with Gasteiger partial charge in [-0.25, -0.2) is 19.6 Å². The van der Waals surface area contributed by atoms with Crippen LogP contribution in [0.25, 0.3) is 44.2 Å². The third kappa shape index (κ3) is 9.22. The summed E-state index contributed by atoms with van der Waals surface area (Å²) in [6.07, 6.45) is 1.29. The number of aromatic nitrogens is 4. The Morgan fingerprint density at radius 1 is 0.803 bits per heavy atom. The van der Waals surface area contributed by atoms with Gasteiger partial charge in [-0.1, -0.05) is 39.8 Å². The standard InChI is InChI=1S/C47H56F2N8O9/c1-23(2)38(54-46(60)63-6)43(58)56-18-25(20-62-5)12-35(56)41-50-17-34(52-41)28-8-10-30-31-14-27-9-11-33-40(32(27)15-29(31)22-65-37(30)16-28)53-42(51-33)36-13-26(21-66-45(48)49)19-57(36)44(59)39(24(3)4)55-47(61)64-7/h8-11,14-17,23-26,35-36,38-39,45H,12-13,18-22H2,1-7H3,(H,50,52)(H,51,53)(H,54,60)(H,55,61)/t25-,26-,35-,36-,38-,39-/m0/s1. The summed E-state index contributed by atoms with van der Waals surface area (Å²) in [6, 6.07) is 11.4. The first-order valence-corrected chi connectivity index (χ1v) is 22.1. The quantitative estimate of drug-likeness (QED) is 0.0886. The fourth-order valence-corrected chi connectivity index (χ4v) is 9.58. The number of carbonyl (C=O) groups is 4. The van der Waals surface area contributed by atoms with Gasteiger partial charge in [0.05, 0.1) is 62.4 Å². The van der Waals surface area contributed by atoms with Gasteiger partial charge < -0.3 is 54.1 Å². The number of H-pyrrole nitrogens is 2. The number of benzene rings is 3. The molecule has 8 rings (SSSR count). The van der Waals surface area contributed by atoms with E-state index < -0.39 is 42.8 Å². The molecule has 4 amide bonds. The summed E-state index contributed by atoms with van der Waals surface area (Å²) in [5, 5.41) is 7.18. The van der Waals surface area contributed by atoms with E-state index in [1.807, 2.05) is 44.2 Å². The number of methoxy groups -OCH3 is 3. The van der Waals surface area contributed by atoms with E-state index in [1.54, 1.807) is 37.0 Å². The molecule has 352 valence electrons. The second-order valence-electron chi connectivity index (χ2n) is 18.0. The van der Waals surface area contributed by atoms with Gasteiger partial charge in [-0.05, 0) is 71.5 Å². The molecule has 19 heteroatoms. The van der Waals surface area contributed by atoms with E-state index in [1.165, 1.54) is 14.2 Å². The largest absolute Gasteiger partial charge is 0.488 e. The summed E-state index contributed by atoms with van der Waals surface area (Å²) >= 11 is 0. The molecule has 2 fully saturated rings. The molecular formula is C47H56F2N8O9. The number of rotatable bonds is 14. The molecule has 2 saturated heterocycles. The van der Waals surface area contributed by atoms with Crippen molar-refractivity contribution >= 4 is 45.8 Å². The number of alkyl halides is 2. The van der Waals surface area contributed by atoms with E-state index in [9.17, 15) is 28.0 Å². The number of carbonyl (C=O) groups excluding carboxylic acids is 4. The molecule has 17 nitrogen and oxygen atoms in total. The molecule has 5 heterocycles. The molecule has 66 heavy (non-hydrogen) atoms. The summed E-state index contributed by atoms with van der Waals surface area (Å²) in [4.78, 5) is 72.4. The summed E-state index contributed by atoms with van der Waals surface area (Å²) in [5.74, 6) is 0.442. The van der Waals surface area contributed by atoms with Crippen LogP contribution in [-0.2, 0) is 35.1 Å². The molecular weight excluding hydrogens is 859 g/mol. The first-order chi connectivity index (χ1) is 31.7. The van der Waals surface area contributed by atoms with Crippen LogP contribution < -0.4 is 15.4 Å². The summed E-state index contributed by atoms with van der Waals surface area (Å²) in [5.41, 5.74) is 5.91. The average molecular weight is 915 g/mol. The zero-order chi connectivity index (χ0) is 47.0. The Bertz CT molecular complexity index is 2620. The highest BCUT2D eigenvalue weighted by Gasteiger charge is 2.43. The lowest BCUT2D eigenvalue weighted by atomic mass is 9.92. The van der Waals surface area contributed by atoms with Crippen molar-refractivity contribution in [3.05, 3.63) is 65.9 Å². The second kappa shape index (κ2) is 19.2. The molecule has 3 aliphatic heterocycles. The molecule has 0 unspecified atom stereocenters. The Morgan fingerprint density at radius 3 is 2.05 bits per heavy atom. The summed E-state index contributed by atoms with van der Waals surface area (Å²) < 4.78 is 52.4. The smallest absolute Gasteiger partial charge is 0.407 e. The predicted octanol–water partition coefficient (Wildman–Crippen LogP) is 7.09. The van der Waals surface area contributed by atoms with Gasteiger partial charge >= 0.3 is 18.8 Å². The number of fused-ring (bicyclic) bond motifs is 6. The van der Waals surface area contributed by atoms with E-state index in [-0.39, 0.29) is 48.8 Å². The number of halogens is 2.